The molecule has 3 amide bonds. The number of hydrogen-bond acceptors (Lipinski definition) is 7. The van der Waals surface area contributed by atoms with Gasteiger partial charge in [-0.2, -0.15) is 0 Å². The number of hydrogen-bond donors (Lipinski definition) is 2. The third-order valence-corrected chi connectivity index (χ3v) is 5.45. The molecule has 27 heavy (non-hydrogen) atoms. The number of aryl methyl sites for hydroxylation is 1. The predicted molar refractivity (Wildman–Crippen MR) is 98.7 cm³/mol. The predicted octanol–water partition coefficient (Wildman–Crippen LogP) is 2.73. The van der Waals surface area contributed by atoms with Crippen molar-refractivity contribution in [3.8, 4) is 0 Å². The van der Waals surface area contributed by atoms with Crippen molar-refractivity contribution < 1.29 is 28.6 Å². The Balaban J connectivity index is 1.87. The summed E-state index contributed by atoms with van der Waals surface area (Å²) in [7, 11) is 0. The van der Waals surface area contributed by atoms with E-state index in [0.29, 0.717) is 17.2 Å². The summed E-state index contributed by atoms with van der Waals surface area (Å²) in [5.41, 5.74) is 1.22. The smallest absolute Gasteiger partial charge is 0.414 e. The Bertz CT molecular complexity index is 770. The molecule has 1 aliphatic carbocycles. The molecular weight excluding hydrogens is 372 g/mol. The topological polar surface area (TPSA) is 103 Å². The second-order valence-corrected chi connectivity index (χ2v) is 7.20. The first-order chi connectivity index (χ1) is 13.1. The highest BCUT2D eigenvalue weighted by Gasteiger charge is 2.28. The molecule has 146 valence electrons. The van der Waals surface area contributed by atoms with Gasteiger partial charge < -0.3 is 19.5 Å². The molecule has 2 heterocycles. The number of rotatable bonds is 4. The molecule has 1 aromatic rings. The van der Waals surface area contributed by atoms with Crippen molar-refractivity contribution in [1.82, 2.24) is 5.32 Å². The largest absolute Gasteiger partial charge is 0.494 e. The van der Waals surface area contributed by atoms with E-state index in [1.165, 1.54) is 17.6 Å². The molecule has 9 heteroatoms. The van der Waals surface area contributed by atoms with Crippen LogP contribution >= 0.6 is 11.3 Å². The van der Waals surface area contributed by atoms with Gasteiger partial charge in [0.1, 0.15) is 24.5 Å². The van der Waals surface area contributed by atoms with Gasteiger partial charge in [0, 0.05) is 4.88 Å². The van der Waals surface area contributed by atoms with E-state index in [4.69, 9.17) is 14.2 Å². The number of ether oxygens (including phenoxy) is 3. The van der Waals surface area contributed by atoms with E-state index >= 15 is 0 Å². The molecule has 3 rings (SSSR count). The van der Waals surface area contributed by atoms with Gasteiger partial charge >= 0.3 is 6.09 Å². The zero-order chi connectivity index (χ0) is 19.2. The molecular formula is C18H22N2O6S. The molecule has 0 radical (unpaired) electrons. The summed E-state index contributed by atoms with van der Waals surface area (Å²) in [6.45, 7) is 2.50. The van der Waals surface area contributed by atoms with E-state index in [1.54, 1.807) is 6.92 Å². The lowest BCUT2D eigenvalue weighted by Crippen LogP contribution is -2.32. The lowest BCUT2D eigenvalue weighted by molar-refractivity contribution is -0.117. The summed E-state index contributed by atoms with van der Waals surface area (Å²) in [4.78, 5) is 37.9. The summed E-state index contributed by atoms with van der Waals surface area (Å²) in [6, 6.07) is 0. The van der Waals surface area contributed by atoms with E-state index in [1.807, 2.05) is 0 Å². The minimum Gasteiger partial charge on any atom is -0.494 e. The monoisotopic (exact) mass is 394 g/mol. The standard InChI is InChI=1S/C18H22N2O6S/c1-2-25-18(23)20-16(22)14-11-6-4-3-5-7-13(11)27-17(14)19-15(21)12-10-24-8-9-26-12/h10H,2-9H2,1H3,(H,19,21)(H,20,22,23). The summed E-state index contributed by atoms with van der Waals surface area (Å²) >= 11 is 1.37. The van der Waals surface area contributed by atoms with Gasteiger partial charge in [-0.25, -0.2) is 4.79 Å². The third kappa shape index (κ3) is 4.60. The maximum Gasteiger partial charge on any atom is 0.414 e. The molecule has 1 aromatic heterocycles. The lowest BCUT2D eigenvalue weighted by Gasteiger charge is -2.15. The minimum atomic E-state index is -0.805. The van der Waals surface area contributed by atoms with Crippen LogP contribution in [0.3, 0.4) is 0 Å². The van der Waals surface area contributed by atoms with Crippen LogP contribution in [0.1, 0.15) is 47.0 Å². The highest BCUT2D eigenvalue weighted by molar-refractivity contribution is 7.17. The van der Waals surface area contributed by atoms with Crippen molar-refractivity contribution in [2.75, 3.05) is 25.1 Å². The second-order valence-electron chi connectivity index (χ2n) is 6.10. The van der Waals surface area contributed by atoms with Gasteiger partial charge in [0.05, 0.1) is 12.2 Å². The number of nitrogens with one attached hydrogen (secondary N) is 2. The molecule has 0 spiro atoms. The Morgan fingerprint density at radius 2 is 1.96 bits per heavy atom. The Kier molecular flexibility index (Phi) is 6.33. The van der Waals surface area contributed by atoms with Gasteiger partial charge in [0.25, 0.3) is 11.8 Å². The van der Waals surface area contributed by atoms with Crippen molar-refractivity contribution in [2.45, 2.75) is 39.0 Å². The molecule has 2 N–H and O–H groups in total. The van der Waals surface area contributed by atoms with Crippen LogP contribution in [0, 0.1) is 0 Å². The summed E-state index contributed by atoms with van der Waals surface area (Å²) in [5.74, 6) is -1.00. The molecule has 0 atom stereocenters. The van der Waals surface area contributed by atoms with Crippen LogP contribution in [0.5, 0.6) is 0 Å². The first-order valence-electron chi connectivity index (χ1n) is 8.98. The van der Waals surface area contributed by atoms with Crippen LogP contribution in [0.15, 0.2) is 12.0 Å². The fraction of sp³-hybridized carbons (Fsp3) is 0.500. The van der Waals surface area contributed by atoms with Crippen molar-refractivity contribution >= 4 is 34.2 Å². The van der Waals surface area contributed by atoms with Crippen LogP contribution in [-0.4, -0.2) is 37.7 Å². The minimum absolute atomic E-state index is 0.0570. The molecule has 0 saturated carbocycles. The molecule has 0 bridgehead atoms. The highest BCUT2D eigenvalue weighted by Crippen LogP contribution is 2.37. The number of amides is 3. The number of imide groups is 1. The normalized spacial score (nSPS) is 16.0. The van der Waals surface area contributed by atoms with Gasteiger partial charge in [0.15, 0.2) is 0 Å². The Labute approximate surface area is 160 Å². The molecule has 0 fully saturated rings. The van der Waals surface area contributed by atoms with Crippen LogP contribution in [0.4, 0.5) is 9.80 Å². The second kappa shape index (κ2) is 8.90. The number of alkyl carbamates (subject to hydrolysis) is 1. The van der Waals surface area contributed by atoms with E-state index < -0.39 is 17.9 Å². The fourth-order valence-corrected chi connectivity index (χ4v) is 4.33. The number of anilines is 1. The summed E-state index contributed by atoms with van der Waals surface area (Å²) in [5, 5.41) is 5.38. The van der Waals surface area contributed by atoms with E-state index in [0.717, 1.165) is 42.5 Å². The molecule has 2 aliphatic rings. The van der Waals surface area contributed by atoms with Crippen LogP contribution in [0.25, 0.3) is 0 Å². The maximum absolute atomic E-state index is 12.7. The average molecular weight is 394 g/mol. The number of thiophene rings is 1. The molecule has 8 nitrogen and oxygen atoms in total. The molecule has 0 aromatic carbocycles. The van der Waals surface area contributed by atoms with Gasteiger partial charge in [0.2, 0.25) is 5.76 Å². The van der Waals surface area contributed by atoms with Crippen LogP contribution < -0.4 is 10.6 Å². The quantitative estimate of drug-likeness (QED) is 0.761. The maximum atomic E-state index is 12.7. The fourth-order valence-electron chi connectivity index (χ4n) is 3.05. The lowest BCUT2D eigenvalue weighted by atomic mass is 10.0. The zero-order valence-electron chi connectivity index (χ0n) is 15.1. The van der Waals surface area contributed by atoms with Gasteiger partial charge in [-0.3, -0.25) is 14.9 Å². The van der Waals surface area contributed by atoms with Crippen molar-refractivity contribution in [2.24, 2.45) is 0 Å². The molecule has 0 unspecified atom stereocenters. The Morgan fingerprint density at radius 1 is 1.15 bits per heavy atom. The summed E-state index contributed by atoms with van der Waals surface area (Å²) < 4.78 is 15.2. The van der Waals surface area contributed by atoms with E-state index in [9.17, 15) is 14.4 Å². The van der Waals surface area contributed by atoms with Crippen LogP contribution in [0.2, 0.25) is 0 Å². The SMILES string of the molecule is CCOC(=O)NC(=O)c1c(NC(=O)C2=COCCO2)sc2c1CCCCC2. The first kappa shape index (κ1) is 19.2. The number of fused-ring (bicyclic) bond motifs is 1. The Hall–Kier alpha value is -2.55. The van der Waals surface area contributed by atoms with Crippen molar-refractivity contribution in [3.05, 3.63) is 28.0 Å². The average Bonchev–Trinajstić information content (AvgIpc) is 2.83. The highest BCUT2D eigenvalue weighted by atomic mass is 32.1. The van der Waals surface area contributed by atoms with E-state index in [2.05, 4.69) is 10.6 Å². The molecule has 0 saturated heterocycles. The van der Waals surface area contributed by atoms with Gasteiger partial charge in [-0.15, -0.1) is 11.3 Å². The van der Waals surface area contributed by atoms with E-state index in [-0.39, 0.29) is 19.0 Å². The molecule has 1 aliphatic heterocycles. The van der Waals surface area contributed by atoms with Gasteiger partial charge in [-0.05, 0) is 38.2 Å². The zero-order valence-corrected chi connectivity index (χ0v) is 15.9. The Morgan fingerprint density at radius 3 is 2.70 bits per heavy atom. The van der Waals surface area contributed by atoms with Crippen molar-refractivity contribution in [1.29, 1.82) is 0 Å². The van der Waals surface area contributed by atoms with Crippen LogP contribution in [-0.2, 0) is 31.8 Å². The van der Waals surface area contributed by atoms with Gasteiger partial charge in [-0.1, -0.05) is 6.42 Å². The number of carbonyl (C=O) groups is 3. The summed E-state index contributed by atoms with van der Waals surface area (Å²) in [6.07, 6.45) is 5.10. The number of carbonyl (C=O) groups excluding carboxylic acids is 3. The first-order valence-corrected chi connectivity index (χ1v) is 9.80. The van der Waals surface area contributed by atoms with Crippen molar-refractivity contribution in [3.63, 3.8) is 0 Å². The third-order valence-electron chi connectivity index (χ3n) is 4.24.